The number of hydrogen-bond acceptors (Lipinski definition) is 4. The third-order valence-corrected chi connectivity index (χ3v) is 5.26. The zero-order valence-electron chi connectivity index (χ0n) is 12.9. The SMILES string of the molecule is Cc1cc(CNC(=O)C(C)(C)N2CCNCC2)sc1C. The van der Waals surface area contributed by atoms with Crippen LogP contribution in [0.1, 0.15) is 29.2 Å². The van der Waals surface area contributed by atoms with E-state index < -0.39 is 5.54 Å². The zero-order chi connectivity index (χ0) is 14.8. The van der Waals surface area contributed by atoms with E-state index in [1.807, 2.05) is 13.8 Å². The van der Waals surface area contributed by atoms with Gasteiger partial charge in [-0.15, -0.1) is 11.3 Å². The maximum absolute atomic E-state index is 12.5. The van der Waals surface area contributed by atoms with Crippen molar-refractivity contribution in [2.45, 2.75) is 39.8 Å². The van der Waals surface area contributed by atoms with Crippen LogP contribution in [0, 0.1) is 13.8 Å². The van der Waals surface area contributed by atoms with Crippen molar-refractivity contribution < 1.29 is 4.79 Å². The Bertz CT molecular complexity index is 456. The highest BCUT2D eigenvalue weighted by atomic mass is 32.1. The van der Waals surface area contributed by atoms with Gasteiger partial charge in [-0.3, -0.25) is 9.69 Å². The molecule has 0 aromatic carbocycles. The molecule has 4 nitrogen and oxygen atoms in total. The van der Waals surface area contributed by atoms with Crippen molar-refractivity contribution >= 4 is 17.2 Å². The molecule has 1 saturated heterocycles. The van der Waals surface area contributed by atoms with Gasteiger partial charge < -0.3 is 10.6 Å². The van der Waals surface area contributed by atoms with Crippen LogP contribution < -0.4 is 10.6 Å². The molecule has 2 N–H and O–H groups in total. The lowest BCUT2D eigenvalue weighted by atomic mass is 10.0. The molecule has 1 aliphatic heterocycles. The first-order valence-corrected chi connectivity index (χ1v) is 8.03. The van der Waals surface area contributed by atoms with E-state index in [4.69, 9.17) is 0 Å². The number of piperazine rings is 1. The first-order chi connectivity index (χ1) is 9.41. The van der Waals surface area contributed by atoms with Gasteiger partial charge in [0.2, 0.25) is 5.91 Å². The third kappa shape index (κ3) is 3.40. The number of nitrogens with one attached hydrogen (secondary N) is 2. The van der Waals surface area contributed by atoms with E-state index in [0.29, 0.717) is 6.54 Å². The molecule has 0 saturated carbocycles. The molecule has 0 aliphatic carbocycles. The number of amides is 1. The van der Waals surface area contributed by atoms with Gasteiger partial charge in [-0.1, -0.05) is 0 Å². The average molecular weight is 295 g/mol. The molecule has 0 unspecified atom stereocenters. The summed E-state index contributed by atoms with van der Waals surface area (Å²) >= 11 is 1.76. The molecule has 2 heterocycles. The Hall–Kier alpha value is -0.910. The summed E-state index contributed by atoms with van der Waals surface area (Å²) in [7, 11) is 0. The largest absolute Gasteiger partial charge is 0.350 e. The van der Waals surface area contributed by atoms with Crippen molar-refractivity contribution in [3.05, 3.63) is 21.4 Å². The highest BCUT2D eigenvalue weighted by molar-refractivity contribution is 7.12. The highest BCUT2D eigenvalue weighted by Crippen LogP contribution is 2.21. The van der Waals surface area contributed by atoms with E-state index >= 15 is 0 Å². The molecule has 1 aliphatic rings. The number of carbonyl (C=O) groups excluding carboxylic acids is 1. The summed E-state index contributed by atoms with van der Waals surface area (Å²) in [6.45, 7) is 12.7. The van der Waals surface area contributed by atoms with Crippen LogP contribution in [0.5, 0.6) is 0 Å². The maximum Gasteiger partial charge on any atom is 0.240 e. The quantitative estimate of drug-likeness (QED) is 0.888. The van der Waals surface area contributed by atoms with Crippen LogP contribution in [0.4, 0.5) is 0 Å². The van der Waals surface area contributed by atoms with E-state index in [2.05, 4.69) is 35.4 Å². The summed E-state index contributed by atoms with van der Waals surface area (Å²) < 4.78 is 0. The monoisotopic (exact) mass is 295 g/mol. The summed E-state index contributed by atoms with van der Waals surface area (Å²) in [5.74, 6) is 0.114. The van der Waals surface area contributed by atoms with Crippen molar-refractivity contribution in [2.24, 2.45) is 0 Å². The van der Waals surface area contributed by atoms with Crippen LogP contribution in [0.2, 0.25) is 0 Å². The van der Waals surface area contributed by atoms with Gasteiger partial charge in [0.15, 0.2) is 0 Å². The second-order valence-electron chi connectivity index (χ2n) is 5.93. The summed E-state index contributed by atoms with van der Waals surface area (Å²) in [6.07, 6.45) is 0. The molecule has 112 valence electrons. The smallest absolute Gasteiger partial charge is 0.240 e. The molecule has 0 bridgehead atoms. The third-order valence-electron chi connectivity index (χ3n) is 4.10. The van der Waals surface area contributed by atoms with Gasteiger partial charge in [-0.25, -0.2) is 0 Å². The fraction of sp³-hybridized carbons (Fsp3) is 0.667. The van der Waals surface area contributed by atoms with Crippen LogP contribution in [-0.4, -0.2) is 42.5 Å². The fourth-order valence-corrected chi connectivity index (χ4v) is 3.48. The molecule has 20 heavy (non-hydrogen) atoms. The minimum Gasteiger partial charge on any atom is -0.350 e. The molecule has 0 radical (unpaired) electrons. The van der Waals surface area contributed by atoms with Crippen molar-refractivity contribution in [1.29, 1.82) is 0 Å². The van der Waals surface area contributed by atoms with E-state index in [0.717, 1.165) is 26.2 Å². The molecular formula is C15H25N3OS. The van der Waals surface area contributed by atoms with E-state index in [9.17, 15) is 4.79 Å². The summed E-state index contributed by atoms with van der Waals surface area (Å²) in [4.78, 5) is 17.3. The lowest BCUT2D eigenvalue weighted by molar-refractivity contribution is -0.132. The Kier molecular flexibility index (Phi) is 4.83. The Morgan fingerprint density at radius 3 is 2.60 bits per heavy atom. The predicted molar refractivity (Wildman–Crippen MR) is 84.2 cm³/mol. The first-order valence-electron chi connectivity index (χ1n) is 7.21. The lowest BCUT2D eigenvalue weighted by Gasteiger charge is -2.39. The fourth-order valence-electron chi connectivity index (χ4n) is 2.49. The second kappa shape index (κ2) is 6.24. The molecule has 1 fully saturated rings. The van der Waals surface area contributed by atoms with Gasteiger partial charge >= 0.3 is 0 Å². The Balaban J connectivity index is 1.92. The number of aryl methyl sites for hydroxylation is 2. The van der Waals surface area contributed by atoms with Gasteiger partial charge in [0.25, 0.3) is 0 Å². The standard InChI is InChI=1S/C15H25N3OS/c1-11-9-13(20-12(11)2)10-17-14(19)15(3,4)18-7-5-16-6-8-18/h9,16H,5-8,10H2,1-4H3,(H,17,19). The summed E-state index contributed by atoms with van der Waals surface area (Å²) in [5.41, 5.74) is 0.865. The van der Waals surface area contributed by atoms with Gasteiger partial charge in [0.1, 0.15) is 0 Å². The van der Waals surface area contributed by atoms with Crippen LogP contribution in [0.25, 0.3) is 0 Å². The number of hydrogen-bond donors (Lipinski definition) is 2. The molecule has 1 aromatic heterocycles. The molecule has 5 heteroatoms. The molecular weight excluding hydrogens is 270 g/mol. The molecule has 0 atom stereocenters. The second-order valence-corrected chi connectivity index (χ2v) is 7.27. The average Bonchev–Trinajstić information content (AvgIpc) is 2.76. The van der Waals surface area contributed by atoms with Gasteiger partial charge in [0.05, 0.1) is 12.1 Å². The topological polar surface area (TPSA) is 44.4 Å². The highest BCUT2D eigenvalue weighted by Gasteiger charge is 2.34. The van der Waals surface area contributed by atoms with E-state index in [-0.39, 0.29) is 5.91 Å². The van der Waals surface area contributed by atoms with Crippen molar-refractivity contribution in [2.75, 3.05) is 26.2 Å². The van der Waals surface area contributed by atoms with Crippen molar-refractivity contribution in [3.63, 3.8) is 0 Å². The molecule has 1 amide bonds. The van der Waals surface area contributed by atoms with Gasteiger partial charge in [0, 0.05) is 35.9 Å². The maximum atomic E-state index is 12.5. The summed E-state index contributed by atoms with van der Waals surface area (Å²) in [6, 6.07) is 2.16. The molecule has 1 aromatic rings. The predicted octanol–water partition coefficient (Wildman–Crippen LogP) is 1.66. The minimum atomic E-state index is -0.441. The Labute approximate surface area is 125 Å². The van der Waals surface area contributed by atoms with Crippen LogP contribution in [-0.2, 0) is 11.3 Å². The number of rotatable bonds is 4. The van der Waals surface area contributed by atoms with Crippen molar-refractivity contribution in [3.8, 4) is 0 Å². The zero-order valence-corrected chi connectivity index (χ0v) is 13.7. The number of nitrogens with zero attached hydrogens (tertiary/aromatic N) is 1. The van der Waals surface area contributed by atoms with E-state index in [1.54, 1.807) is 11.3 Å². The lowest BCUT2D eigenvalue weighted by Crippen LogP contribution is -2.59. The Morgan fingerprint density at radius 1 is 1.40 bits per heavy atom. The van der Waals surface area contributed by atoms with Crippen molar-refractivity contribution in [1.82, 2.24) is 15.5 Å². The number of thiophene rings is 1. The molecule has 2 rings (SSSR count). The van der Waals surface area contributed by atoms with Crippen LogP contribution in [0.15, 0.2) is 6.07 Å². The van der Waals surface area contributed by atoms with Crippen LogP contribution in [0.3, 0.4) is 0 Å². The van der Waals surface area contributed by atoms with Crippen LogP contribution >= 0.6 is 11.3 Å². The number of carbonyl (C=O) groups is 1. The van der Waals surface area contributed by atoms with Gasteiger partial charge in [-0.05, 0) is 39.3 Å². The summed E-state index contributed by atoms with van der Waals surface area (Å²) in [5, 5.41) is 6.41. The minimum absolute atomic E-state index is 0.114. The molecule has 0 spiro atoms. The van der Waals surface area contributed by atoms with Gasteiger partial charge in [-0.2, -0.15) is 0 Å². The Morgan fingerprint density at radius 2 is 2.05 bits per heavy atom. The normalized spacial score (nSPS) is 17.2. The van der Waals surface area contributed by atoms with E-state index in [1.165, 1.54) is 15.3 Å². The first kappa shape index (κ1) is 15.5.